The summed E-state index contributed by atoms with van der Waals surface area (Å²) in [6.45, 7) is 4.61. The van der Waals surface area contributed by atoms with Crippen molar-refractivity contribution in [3.05, 3.63) is 41.2 Å². The Morgan fingerprint density at radius 3 is 2.60 bits per heavy atom. The molecule has 2 aromatic rings. The van der Waals surface area contributed by atoms with Crippen LogP contribution in [0.2, 0.25) is 5.02 Å². The molecule has 1 aromatic carbocycles. The first-order valence-electron chi connectivity index (χ1n) is 6.42. The first kappa shape index (κ1) is 14.4. The van der Waals surface area contributed by atoms with E-state index in [0.717, 1.165) is 5.56 Å². The quantitative estimate of drug-likeness (QED) is 0.789. The average Bonchev–Trinajstić information content (AvgIpc) is 2.41. The summed E-state index contributed by atoms with van der Waals surface area (Å²) in [5, 5.41) is 7.08. The number of nitrogens with two attached hydrogens (primary N) is 1. The van der Waals surface area contributed by atoms with E-state index in [1.165, 1.54) is 6.33 Å². The van der Waals surface area contributed by atoms with Gasteiger partial charge >= 0.3 is 0 Å². The fourth-order valence-electron chi connectivity index (χ4n) is 1.75. The summed E-state index contributed by atoms with van der Waals surface area (Å²) in [6, 6.07) is 7.91. The molecule has 20 heavy (non-hydrogen) atoms. The van der Waals surface area contributed by atoms with Gasteiger partial charge in [-0.15, -0.1) is 0 Å². The van der Waals surface area contributed by atoms with Crippen LogP contribution < -0.4 is 16.4 Å². The molecule has 0 atom stereocenters. The highest BCUT2D eigenvalue weighted by molar-refractivity contribution is 6.31. The molecule has 5 nitrogen and oxygen atoms in total. The van der Waals surface area contributed by atoms with E-state index < -0.39 is 0 Å². The van der Waals surface area contributed by atoms with E-state index in [0.29, 0.717) is 28.9 Å². The molecule has 0 unspecified atom stereocenters. The summed E-state index contributed by atoms with van der Waals surface area (Å²) in [6.07, 6.45) is 1.48. The van der Waals surface area contributed by atoms with Crippen LogP contribution in [0.3, 0.4) is 0 Å². The number of benzene rings is 1. The molecule has 0 amide bonds. The first-order valence-corrected chi connectivity index (χ1v) is 6.80. The maximum absolute atomic E-state index is 6.11. The van der Waals surface area contributed by atoms with Gasteiger partial charge in [-0.2, -0.15) is 0 Å². The van der Waals surface area contributed by atoms with E-state index in [2.05, 4.69) is 20.6 Å². The lowest BCUT2D eigenvalue weighted by atomic mass is 10.2. The Labute approximate surface area is 123 Å². The van der Waals surface area contributed by atoms with Crippen molar-refractivity contribution in [3.8, 4) is 0 Å². The van der Waals surface area contributed by atoms with Crippen LogP contribution >= 0.6 is 11.6 Å². The van der Waals surface area contributed by atoms with Crippen LogP contribution in [-0.4, -0.2) is 16.0 Å². The lowest BCUT2D eigenvalue weighted by Crippen LogP contribution is -2.15. The second kappa shape index (κ2) is 6.43. The molecular formula is C14H18ClN5. The van der Waals surface area contributed by atoms with E-state index >= 15 is 0 Å². The van der Waals surface area contributed by atoms with Crippen molar-refractivity contribution in [1.29, 1.82) is 0 Å². The van der Waals surface area contributed by atoms with E-state index in [1.807, 2.05) is 38.1 Å². The highest BCUT2D eigenvalue weighted by atomic mass is 35.5. The number of anilines is 3. The third-order valence-corrected chi connectivity index (χ3v) is 3.08. The molecule has 0 spiro atoms. The summed E-state index contributed by atoms with van der Waals surface area (Å²) in [5.74, 6) is 1.24. The monoisotopic (exact) mass is 291 g/mol. The fraction of sp³-hybridized carbons (Fsp3) is 0.286. The van der Waals surface area contributed by atoms with Gasteiger partial charge in [-0.25, -0.2) is 9.97 Å². The van der Waals surface area contributed by atoms with E-state index in [-0.39, 0.29) is 6.04 Å². The zero-order valence-electron chi connectivity index (χ0n) is 11.5. The number of aromatic nitrogens is 2. The molecule has 2 rings (SSSR count). The molecule has 1 heterocycles. The van der Waals surface area contributed by atoms with Crippen LogP contribution in [0.5, 0.6) is 0 Å². The molecule has 0 fully saturated rings. The normalized spacial score (nSPS) is 10.6. The van der Waals surface area contributed by atoms with Gasteiger partial charge < -0.3 is 16.4 Å². The summed E-state index contributed by atoms with van der Waals surface area (Å²) in [5.41, 5.74) is 7.55. The molecule has 0 radical (unpaired) electrons. The lowest BCUT2D eigenvalue weighted by Gasteiger charge is -2.14. The van der Waals surface area contributed by atoms with Crippen LogP contribution in [0.4, 0.5) is 17.3 Å². The molecule has 106 valence electrons. The number of hydrogen-bond donors (Lipinski definition) is 3. The van der Waals surface area contributed by atoms with Gasteiger partial charge in [-0.1, -0.05) is 29.8 Å². The van der Waals surface area contributed by atoms with Crippen molar-refractivity contribution >= 4 is 28.9 Å². The summed E-state index contributed by atoms with van der Waals surface area (Å²) < 4.78 is 0. The lowest BCUT2D eigenvalue weighted by molar-refractivity contribution is 0.887. The second-order valence-corrected chi connectivity index (χ2v) is 5.14. The Kier molecular flexibility index (Phi) is 4.63. The smallest absolute Gasteiger partial charge is 0.155 e. The first-order chi connectivity index (χ1) is 9.58. The van der Waals surface area contributed by atoms with Gasteiger partial charge in [-0.05, 0) is 25.5 Å². The predicted octanol–water partition coefficient (Wildman–Crippen LogP) is 3.14. The zero-order chi connectivity index (χ0) is 14.5. The SMILES string of the molecule is CC(C)Nc1ncnc(NCc2ccccc2Cl)c1N. The Balaban J connectivity index is 2.12. The molecular weight excluding hydrogens is 274 g/mol. The topological polar surface area (TPSA) is 75.9 Å². The number of nitrogens with zero attached hydrogens (tertiary/aromatic N) is 2. The minimum Gasteiger partial charge on any atom is -0.393 e. The summed E-state index contributed by atoms with van der Waals surface area (Å²) in [4.78, 5) is 8.30. The van der Waals surface area contributed by atoms with Gasteiger partial charge in [0, 0.05) is 17.6 Å². The van der Waals surface area contributed by atoms with Crippen LogP contribution in [0.15, 0.2) is 30.6 Å². The minimum absolute atomic E-state index is 0.253. The molecule has 1 aromatic heterocycles. The molecule has 0 aliphatic heterocycles. The van der Waals surface area contributed by atoms with Gasteiger partial charge in [0.05, 0.1) is 0 Å². The third kappa shape index (κ3) is 3.51. The van der Waals surface area contributed by atoms with Crippen molar-refractivity contribution in [2.24, 2.45) is 0 Å². The van der Waals surface area contributed by atoms with E-state index in [9.17, 15) is 0 Å². The molecule has 4 N–H and O–H groups in total. The molecule has 0 bridgehead atoms. The molecule has 6 heteroatoms. The standard InChI is InChI=1S/C14H18ClN5/c1-9(2)20-14-12(16)13(18-8-19-14)17-7-10-5-3-4-6-11(10)15/h3-6,8-9H,7,16H2,1-2H3,(H2,17,18,19,20). The number of halogens is 1. The molecule has 0 aliphatic carbocycles. The average molecular weight is 292 g/mol. The minimum atomic E-state index is 0.253. The number of nitrogen functional groups attached to an aromatic ring is 1. The molecule has 0 saturated heterocycles. The van der Waals surface area contributed by atoms with Crippen molar-refractivity contribution in [3.63, 3.8) is 0 Å². The van der Waals surface area contributed by atoms with Crippen molar-refractivity contribution in [1.82, 2.24) is 9.97 Å². The van der Waals surface area contributed by atoms with Gasteiger partial charge in [0.15, 0.2) is 11.6 Å². The largest absolute Gasteiger partial charge is 0.393 e. The number of hydrogen-bond acceptors (Lipinski definition) is 5. The third-order valence-electron chi connectivity index (χ3n) is 2.71. The van der Waals surface area contributed by atoms with Crippen molar-refractivity contribution in [2.45, 2.75) is 26.4 Å². The number of rotatable bonds is 5. The Morgan fingerprint density at radius 2 is 1.90 bits per heavy atom. The van der Waals surface area contributed by atoms with Crippen LogP contribution in [0.25, 0.3) is 0 Å². The van der Waals surface area contributed by atoms with Gasteiger partial charge in [0.2, 0.25) is 0 Å². The van der Waals surface area contributed by atoms with Gasteiger partial charge in [0.1, 0.15) is 12.0 Å². The predicted molar refractivity (Wildman–Crippen MR) is 84.0 cm³/mol. The summed E-state index contributed by atoms with van der Waals surface area (Å²) >= 11 is 6.11. The maximum Gasteiger partial charge on any atom is 0.155 e. The van der Waals surface area contributed by atoms with E-state index in [1.54, 1.807) is 0 Å². The van der Waals surface area contributed by atoms with Crippen LogP contribution in [0.1, 0.15) is 19.4 Å². The van der Waals surface area contributed by atoms with Gasteiger partial charge in [0.25, 0.3) is 0 Å². The number of nitrogens with one attached hydrogen (secondary N) is 2. The molecule has 0 saturated carbocycles. The Hall–Kier alpha value is -2.01. The fourth-order valence-corrected chi connectivity index (χ4v) is 1.95. The Bertz CT molecular complexity index is 586. The van der Waals surface area contributed by atoms with E-state index in [4.69, 9.17) is 17.3 Å². The highest BCUT2D eigenvalue weighted by Crippen LogP contribution is 2.24. The zero-order valence-corrected chi connectivity index (χ0v) is 12.3. The molecule has 0 aliphatic rings. The Morgan fingerprint density at radius 1 is 1.20 bits per heavy atom. The van der Waals surface area contributed by atoms with Crippen molar-refractivity contribution in [2.75, 3.05) is 16.4 Å². The highest BCUT2D eigenvalue weighted by Gasteiger charge is 2.09. The maximum atomic E-state index is 6.11. The van der Waals surface area contributed by atoms with Crippen LogP contribution in [0, 0.1) is 0 Å². The van der Waals surface area contributed by atoms with Crippen LogP contribution in [-0.2, 0) is 6.54 Å². The van der Waals surface area contributed by atoms with Gasteiger partial charge in [-0.3, -0.25) is 0 Å². The summed E-state index contributed by atoms with van der Waals surface area (Å²) in [7, 11) is 0. The second-order valence-electron chi connectivity index (χ2n) is 4.73. The van der Waals surface area contributed by atoms with Crippen molar-refractivity contribution < 1.29 is 0 Å².